The highest BCUT2D eigenvalue weighted by Gasteiger charge is 2.07. The molecule has 0 amide bonds. The van der Waals surface area contributed by atoms with Crippen LogP contribution in [0.2, 0.25) is 0 Å². The summed E-state index contributed by atoms with van der Waals surface area (Å²) < 4.78 is 0. The highest BCUT2D eigenvalue weighted by Crippen LogP contribution is 2.15. The van der Waals surface area contributed by atoms with Gasteiger partial charge in [0.2, 0.25) is 5.82 Å². The fourth-order valence-electron chi connectivity index (χ4n) is 1.94. The molecule has 3 rings (SSSR count). The SMILES string of the molecule is Cc1cc(-n2nnc(-c3ccccc3)n2)ccc1C=O. The van der Waals surface area contributed by atoms with Gasteiger partial charge in [0.15, 0.2) is 0 Å². The monoisotopic (exact) mass is 264 g/mol. The molecule has 0 atom stereocenters. The van der Waals surface area contributed by atoms with Gasteiger partial charge in [-0.1, -0.05) is 30.3 Å². The van der Waals surface area contributed by atoms with E-state index < -0.39 is 0 Å². The van der Waals surface area contributed by atoms with E-state index in [9.17, 15) is 4.79 Å². The molecule has 0 aliphatic heterocycles. The number of tetrazole rings is 1. The highest BCUT2D eigenvalue weighted by atomic mass is 16.1. The lowest BCUT2D eigenvalue weighted by molar-refractivity contribution is 0.112. The molecule has 20 heavy (non-hydrogen) atoms. The van der Waals surface area contributed by atoms with Gasteiger partial charge in [-0.15, -0.1) is 15.0 Å². The molecule has 0 radical (unpaired) electrons. The van der Waals surface area contributed by atoms with E-state index in [4.69, 9.17) is 0 Å². The van der Waals surface area contributed by atoms with E-state index in [1.807, 2.05) is 43.3 Å². The van der Waals surface area contributed by atoms with E-state index in [1.54, 1.807) is 12.1 Å². The van der Waals surface area contributed by atoms with Crippen LogP contribution < -0.4 is 0 Å². The van der Waals surface area contributed by atoms with Crippen molar-refractivity contribution in [3.05, 3.63) is 59.7 Å². The maximum Gasteiger partial charge on any atom is 0.205 e. The Morgan fingerprint density at radius 1 is 1.10 bits per heavy atom. The molecule has 0 unspecified atom stereocenters. The summed E-state index contributed by atoms with van der Waals surface area (Å²) in [6, 6.07) is 15.1. The van der Waals surface area contributed by atoms with Gasteiger partial charge in [0, 0.05) is 11.1 Å². The van der Waals surface area contributed by atoms with Gasteiger partial charge >= 0.3 is 0 Å². The first kappa shape index (κ1) is 12.2. The van der Waals surface area contributed by atoms with Gasteiger partial charge < -0.3 is 0 Å². The number of aromatic nitrogens is 4. The number of aryl methyl sites for hydroxylation is 1. The van der Waals surface area contributed by atoms with E-state index in [2.05, 4.69) is 15.4 Å². The van der Waals surface area contributed by atoms with Gasteiger partial charge in [0.1, 0.15) is 6.29 Å². The summed E-state index contributed by atoms with van der Waals surface area (Å²) >= 11 is 0. The molecule has 5 heteroatoms. The number of nitrogens with zero attached hydrogens (tertiary/aromatic N) is 4. The van der Waals surface area contributed by atoms with Gasteiger partial charge in [-0.25, -0.2) is 0 Å². The predicted octanol–water partition coefficient (Wildman–Crippen LogP) is 2.45. The van der Waals surface area contributed by atoms with E-state index in [-0.39, 0.29) is 0 Å². The summed E-state index contributed by atoms with van der Waals surface area (Å²) in [5, 5.41) is 12.4. The molecular weight excluding hydrogens is 252 g/mol. The zero-order chi connectivity index (χ0) is 13.9. The van der Waals surface area contributed by atoms with Crippen LogP contribution in [0.15, 0.2) is 48.5 Å². The first-order chi connectivity index (χ1) is 9.78. The molecule has 3 aromatic rings. The summed E-state index contributed by atoms with van der Waals surface area (Å²) in [7, 11) is 0. The molecule has 0 fully saturated rings. The predicted molar refractivity (Wildman–Crippen MR) is 74.7 cm³/mol. The molecule has 0 spiro atoms. The lowest BCUT2D eigenvalue weighted by Gasteiger charge is -2.02. The van der Waals surface area contributed by atoms with Gasteiger partial charge in [-0.05, 0) is 35.9 Å². The van der Waals surface area contributed by atoms with Crippen molar-refractivity contribution in [3.8, 4) is 17.1 Å². The Morgan fingerprint density at radius 3 is 2.60 bits per heavy atom. The number of rotatable bonds is 3. The van der Waals surface area contributed by atoms with Crippen molar-refractivity contribution < 1.29 is 4.79 Å². The van der Waals surface area contributed by atoms with Crippen LogP contribution in [0.1, 0.15) is 15.9 Å². The third-order valence-corrected chi connectivity index (χ3v) is 3.06. The van der Waals surface area contributed by atoms with Crippen molar-refractivity contribution in [2.24, 2.45) is 0 Å². The van der Waals surface area contributed by atoms with Gasteiger partial charge in [0.05, 0.1) is 5.69 Å². The number of benzene rings is 2. The minimum absolute atomic E-state index is 0.572. The molecule has 0 aliphatic carbocycles. The normalized spacial score (nSPS) is 10.4. The van der Waals surface area contributed by atoms with Crippen molar-refractivity contribution in [2.45, 2.75) is 6.92 Å². The number of hydrogen-bond donors (Lipinski definition) is 0. The molecule has 5 nitrogen and oxygen atoms in total. The molecule has 0 saturated heterocycles. The Kier molecular flexibility index (Phi) is 3.09. The Balaban J connectivity index is 1.98. The van der Waals surface area contributed by atoms with Gasteiger partial charge in [0.25, 0.3) is 0 Å². The Bertz CT molecular complexity index is 750. The summed E-state index contributed by atoms with van der Waals surface area (Å²) in [6.45, 7) is 1.88. The summed E-state index contributed by atoms with van der Waals surface area (Å²) in [4.78, 5) is 12.3. The second kappa shape index (κ2) is 5.05. The van der Waals surface area contributed by atoms with Crippen molar-refractivity contribution in [1.82, 2.24) is 20.2 Å². The minimum Gasteiger partial charge on any atom is -0.298 e. The summed E-state index contributed by atoms with van der Waals surface area (Å²) in [6.07, 6.45) is 0.837. The third kappa shape index (κ3) is 2.21. The molecule has 0 N–H and O–H groups in total. The van der Waals surface area contributed by atoms with Crippen LogP contribution >= 0.6 is 0 Å². The Morgan fingerprint density at radius 2 is 1.90 bits per heavy atom. The smallest absolute Gasteiger partial charge is 0.205 e. The molecular formula is C15H12N4O. The van der Waals surface area contributed by atoms with Crippen molar-refractivity contribution in [2.75, 3.05) is 0 Å². The maximum atomic E-state index is 10.8. The van der Waals surface area contributed by atoms with E-state index >= 15 is 0 Å². The van der Waals surface area contributed by atoms with Crippen LogP contribution in [0.3, 0.4) is 0 Å². The third-order valence-electron chi connectivity index (χ3n) is 3.06. The van der Waals surface area contributed by atoms with Crippen LogP contribution in [-0.2, 0) is 0 Å². The summed E-state index contributed by atoms with van der Waals surface area (Å²) in [5.41, 5.74) is 3.25. The molecule has 1 aromatic heterocycles. The molecule has 2 aromatic carbocycles. The van der Waals surface area contributed by atoms with E-state index in [0.29, 0.717) is 11.4 Å². The number of hydrogen-bond acceptors (Lipinski definition) is 4. The van der Waals surface area contributed by atoms with Crippen LogP contribution in [0.5, 0.6) is 0 Å². The highest BCUT2D eigenvalue weighted by molar-refractivity contribution is 5.77. The number of carbonyl (C=O) groups is 1. The number of aldehydes is 1. The standard InChI is InChI=1S/C15H12N4O/c1-11-9-14(8-7-13(11)10-20)19-17-15(16-18-19)12-5-3-2-4-6-12/h2-10H,1H3. The van der Waals surface area contributed by atoms with Crippen molar-refractivity contribution >= 4 is 6.29 Å². The quantitative estimate of drug-likeness (QED) is 0.682. The topological polar surface area (TPSA) is 60.7 Å². The minimum atomic E-state index is 0.572. The van der Waals surface area contributed by atoms with Crippen LogP contribution in [-0.4, -0.2) is 26.5 Å². The molecule has 0 aliphatic rings. The first-order valence-corrected chi connectivity index (χ1v) is 6.19. The largest absolute Gasteiger partial charge is 0.298 e. The van der Waals surface area contributed by atoms with Crippen molar-refractivity contribution in [3.63, 3.8) is 0 Å². The Labute approximate surface area is 115 Å². The zero-order valence-electron chi connectivity index (χ0n) is 10.9. The molecule has 1 heterocycles. The van der Waals surface area contributed by atoms with Crippen LogP contribution in [0.25, 0.3) is 17.1 Å². The maximum absolute atomic E-state index is 10.8. The number of carbonyl (C=O) groups excluding carboxylic acids is 1. The molecule has 0 bridgehead atoms. The second-order valence-corrected chi connectivity index (χ2v) is 4.43. The lowest BCUT2D eigenvalue weighted by atomic mass is 10.1. The van der Waals surface area contributed by atoms with E-state index in [0.717, 1.165) is 23.1 Å². The average Bonchev–Trinajstić information content (AvgIpc) is 2.98. The molecule has 98 valence electrons. The zero-order valence-corrected chi connectivity index (χ0v) is 10.9. The lowest BCUT2D eigenvalue weighted by Crippen LogP contribution is -2.00. The first-order valence-electron chi connectivity index (χ1n) is 6.19. The van der Waals surface area contributed by atoms with Crippen LogP contribution in [0.4, 0.5) is 0 Å². The van der Waals surface area contributed by atoms with E-state index in [1.165, 1.54) is 4.80 Å². The van der Waals surface area contributed by atoms with Gasteiger partial charge in [-0.3, -0.25) is 4.79 Å². The Hall–Kier alpha value is -2.82. The van der Waals surface area contributed by atoms with Crippen molar-refractivity contribution in [1.29, 1.82) is 0 Å². The average molecular weight is 264 g/mol. The molecule has 0 saturated carbocycles. The fourth-order valence-corrected chi connectivity index (χ4v) is 1.94. The second-order valence-electron chi connectivity index (χ2n) is 4.43. The summed E-state index contributed by atoms with van der Waals surface area (Å²) in [5.74, 6) is 0.572. The van der Waals surface area contributed by atoms with Crippen LogP contribution in [0, 0.1) is 6.92 Å². The fraction of sp³-hybridized carbons (Fsp3) is 0.0667. The van der Waals surface area contributed by atoms with Gasteiger partial charge in [-0.2, -0.15) is 0 Å².